The van der Waals surface area contributed by atoms with Crippen LogP contribution in [0.15, 0.2) is 38.4 Å². The van der Waals surface area contributed by atoms with Gasteiger partial charge in [-0.3, -0.25) is 0 Å². The molecule has 4 nitrogen and oxygen atoms in total. The van der Waals surface area contributed by atoms with Gasteiger partial charge in [-0.25, -0.2) is 4.98 Å². The molecule has 0 fully saturated rings. The first kappa shape index (κ1) is 11.6. The Morgan fingerprint density at radius 1 is 1.33 bits per heavy atom. The summed E-state index contributed by atoms with van der Waals surface area (Å²) >= 11 is 7.35. The molecule has 1 aromatic carbocycles. The van der Waals surface area contributed by atoms with E-state index in [0.717, 1.165) is 17.0 Å². The Morgan fingerprint density at radius 2 is 2.22 bits per heavy atom. The van der Waals surface area contributed by atoms with E-state index >= 15 is 0 Å². The minimum Gasteiger partial charge on any atom is -0.431 e. The number of aromatic nitrogens is 2. The standard InChI is InChI=1S/C12H9ClN2O2S/c1-7-4-9(17-15-7)6-18-12-14-10-3-2-8(13)5-11(10)16-12/h2-5H,6H2,1H3. The molecule has 0 radical (unpaired) electrons. The van der Waals surface area contributed by atoms with Crippen molar-refractivity contribution in [1.29, 1.82) is 0 Å². The second-order valence-corrected chi connectivity index (χ2v) is 5.18. The molecule has 3 aromatic rings. The molecule has 0 unspecified atom stereocenters. The molecule has 2 heterocycles. The van der Waals surface area contributed by atoms with E-state index in [0.29, 0.717) is 21.6 Å². The maximum atomic E-state index is 5.89. The Labute approximate surface area is 112 Å². The van der Waals surface area contributed by atoms with E-state index in [1.54, 1.807) is 12.1 Å². The van der Waals surface area contributed by atoms with Gasteiger partial charge in [-0.15, -0.1) is 0 Å². The molecule has 0 N–H and O–H groups in total. The van der Waals surface area contributed by atoms with Crippen molar-refractivity contribution < 1.29 is 8.94 Å². The second kappa shape index (κ2) is 4.66. The van der Waals surface area contributed by atoms with Crippen LogP contribution in [0.1, 0.15) is 11.5 Å². The lowest BCUT2D eigenvalue weighted by molar-refractivity contribution is 0.390. The lowest BCUT2D eigenvalue weighted by Crippen LogP contribution is -1.75. The van der Waals surface area contributed by atoms with Crippen molar-refractivity contribution in [2.24, 2.45) is 0 Å². The van der Waals surface area contributed by atoms with Crippen molar-refractivity contribution in [2.45, 2.75) is 17.9 Å². The molecule has 0 amide bonds. The van der Waals surface area contributed by atoms with Crippen LogP contribution in [0, 0.1) is 6.92 Å². The predicted octanol–water partition coefficient (Wildman–Crippen LogP) is 4.07. The van der Waals surface area contributed by atoms with Crippen LogP contribution in [-0.2, 0) is 5.75 Å². The van der Waals surface area contributed by atoms with Crippen molar-refractivity contribution in [1.82, 2.24) is 10.1 Å². The van der Waals surface area contributed by atoms with Gasteiger partial charge in [-0.05, 0) is 19.1 Å². The van der Waals surface area contributed by atoms with Gasteiger partial charge in [0.2, 0.25) is 0 Å². The van der Waals surface area contributed by atoms with E-state index in [-0.39, 0.29) is 0 Å². The highest BCUT2D eigenvalue weighted by Gasteiger charge is 2.09. The molecule has 6 heteroatoms. The fourth-order valence-corrected chi connectivity index (χ4v) is 2.43. The third-order valence-electron chi connectivity index (χ3n) is 2.35. The summed E-state index contributed by atoms with van der Waals surface area (Å²) in [4.78, 5) is 4.35. The van der Waals surface area contributed by atoms with Crippen LogP contribution < -0.4 is 0 Å². The fraction of sp³-hybridized carbons (Fsp3) is 0.167. The maximum Gasteiger partial charge on any atom is 0.257 e. The number of benzene rings is 1. The highest BCUT2D eigenvalue weighted by atomic mass is 35.5. The molecule has 0 atom stereocenters. The number of hydrogen-bond donors (Lipinski definition) is 0. The minimum absolute atomic E-state index is 0.598. The Kier molecular flexibility index (Phi) is 3.01. The topological polar surface area (TPSA) is 52.1 Å². The van der Waals surface area contributed by atoms with Gasteiger partial charge in [-0.1, -0.05) is 28.5 Å². The second-order valence-electron chi connectivity index (χ2n) is 3.82. The summed E-state index contributed by atoms with van der Waals surface area (Å²) < 4.78 is 10.7. The molecular formula is C12H9ClN2O2S. The third kappa shape index (κ3) is 2.37. The number of thioether (sulfide) groups is 1. The summed E-state index contributed by atoms with van der Waals surface area (Å²) in [6.45, 7) is 1.89. The first-order chi connectivity index (χ1) is 8.70. The highest BCUT2D eigenvalue weighted by Crippen LogP contribution is 2.27. The molecule has 0 saturated carbocycles. The molecule has 0 saturated heterocycles. The number of fused-ring (bicyclic) bond motifs is 1. The molecule has 18 heavy (non-hydrogen) atoms. The van der Waals surface area contributed by atoms with Crippen LogP contribution >= 0.6 is 23.4 Å². The Bertz CT molecular complexity index is 692. The van der Waals surface area contributed by atoms with Crippen LogP contribution in [-0.4, -0.2) is 10.1 Å². The Balaban J connectivity index is 1.78. The zero-order valence-corrected chi connectivity index (χ0v) is 11.1. The SMILES string of the molecule is Cc1cc(CSc2nc3ccc(Cl)cc3o2)on1. The predicted molar refractivity (Wildman–Crippen MR) is 69.8 cm³/mol. The summed E-state index contributed by atoms with van der Waals surface area (Å²) in [6.07, 6.45) is 0. The number of halogens is 1. The Morgan fingerprint density at radius 3 is 3.00 bits per heavy atom. The van der Waals surface area contributed by atoms with Crippen LogP contribution in [0.2, 0.25) is 5.02 Å². The van der Waals surface area contributed by atoms with Gasteiger partial charge >= 0.3 is 0 Å². The first-order valence-corrected chi connectivity index (χ1v) is 6.68. The number of hydrogen-bond acceptors (Lipinski definition) is 5. The van der Waals surface area contributed by atoms with Gasteiger partial charge in [-0.2, -0.15) is 0 Å². The van der Waals surface area contributed by atoms with Gasteiger partial charge in [0.15, 0.2) is 5.58 Å². The van der Waals surface area contributed by atoms with Crippen molar-refractivity contribution >= 4 is 34.5 Å². The normalized spacial score (nSPS) is 11.2. The molecule has 3 rings (SSSR count). The van der Waals surface area contributed by atoms with E-state index in [4.69, 9.17) is 20.5 Å². The molecule has 0 aliphatic carbocycles. The fourth-order valence-electron chi connectivity index (χ4n) is 1.56. The first-order valence-electron chi connectivity index (χ1n) is 5.32. The number of aryl methyl sites for hydroxylation is 1. The van der Waals surface area contributed by atoms with Gasteiger partial charge in [0.05, 0.1) is 11.4 Å². The van der Waals surface area contributed by atoms with Crippen molar-refractivity contribution in [3.63, 3.8) is 0 Å². The smallest absolute Gasteiger partial charge is 0.257 e. The van der Waals surface area contributed by atoms with E-state index < -0.39 is 0 Å². The summed E-state index contributed by atoms with van der Waals surface area (Å²) in [5.41, 5.74) is 2.37. The number of rotatable bonds is 3. The molecule has 92 valence electrons. The zero-order valence-electron chi connectivity index (χ0n) is 9.51. The van der Waals surface area contributed by atoms with Crippen LogP contribution in [0.4, 0.5) is 0 Å². The van der Waals surface area contributed by atoms with Crippen molar-refractivity contribution in [3.8, 4) is 0 Å². The van der Waals surface area contributed by atoms with E-state index in [2.05, 4.69) is 10.1 Å². The third-order valence-corrected chi connectivity index (χ3v) is 3.43. The van der Waals surface area contributed by atoms with Crippen LogP contribution in [0.5, 0.6) is 0 Å². The molecule has 0 aliphatic heterocycles. The quantitative estimate of drug-likeness (QED) is 0.677. The van der Waals surface area contributed by atoms with Gasteiger partial charge in [0.1, 0.15) is 11.3 Å². The number of oxazole rings is 1. The molecule has 0 aliphatic rings. The molecule has 2 aromatic heterocycles. The largest absolute Gasteiger partial charge is 0.431 e. The lowest BCUT2D eigenvalue weighted by Gasteiger charge is -1.90. The van der Waals surface area contributed by atoms with Crippen molar-refractivity contribution in [3.05, 3.63) is 40.7 Å². The summed E-state index contributed by atoms with van der Waals surface area (Å²) in [7, 11) is 0. The summed E-state index contributed by atoms with van der Waals surface area (Å²) in [5, 5.41) is 5.06. The van der Waals surface area contributed by atoms with Crippen LogP contribution in [0.25, 0.3) is 11.1 Å². The highest BCUT2D eigenvalue weighted by molar-refractivity contribution is 7.98. The monoisotopic (exact) mass is 280 g/mol. The molecule has 0 spiro atoms. The van der Waals surface area contributed by atoms with E-state index in [1.807, 2.05) is 19.1 Å². The van der Waals surface area contributed by atoms with Gasteiger partial charge < -0.3 is 8.94 Å². The average Bonchev–Trinajstić information content (AvgIpc) is 2.92. The Hall–Kier alpha value is -1.46. The van der Waals surface area contributed by atoms with Crippen molar-refractivity contribution in [2.75, 3.05) is 0 Å². The van der Waals surface area contributed by atoms with E-state index in [1.165, 1.54) is 11.8 Å². The molecule has 0 bridgehead atoms. The molecular weight excluding hydrogens is 272 g/mol. The maximum absolute atomic E-state index is 5.89. The minimum atomic E-state index is 0.598. The van der Waals surface area contributed by atoms with E-state index in [9.17, 15) is 0 Å². The van der Waals surface area contributed by atoms with Gasteiger partial charge in [0, 0.05) is 17.2 Å². The zero-order chi connectivity index (χ0) is 12.5. The lowest BCUT2D eigenvalue weighted by atomic mass is 10.3. The summed E-state index contributed by atoms with van der Waals surface area (Å²) in [5.74, 6) is 1.44. The average molecular weight is 281 g/mol. The number of nitrogens with zero attached hydrogens (tertiary/aromatic N) is 2. The van der Waals surface area contributed by atoms with Crippen LogP contribution in [0.3, 0.4) is 0 Å². The summed E-state index contributed by atoms with van der Waals surface area (Å²) in [6, 6.07) is 7.28. The van der Waals surface area contributed by atoms with Gasteiger partial charge in [0.25, 0.3) is 5.22 Å².